The van der Waals surface area contributed by atoms with Gasteiger partial charge in [-0.15, -0.1) is 5.10 Å². The molecule has 0 aliphatic carbocycles. The van der Waals surface area contributed by atoms with Crippen LogP contribution in [0.1, 0.15) is 18.5 Å². The number of hydrogen-bond donors (Lipinski definition) is 1. The number of halogens is 1. The van der Waals surface area contributed by atoms with Crippen molar-refractivity contribution in [3.63, 3.8) is 0 Å². The monoisotopic (exact) mass is 370 g/mol. The zero-order valence-corrected chi connectivity index (χ0v) is 14.9. The number of nitrogens with zero attached hydrogens (tertiary/aromatic N) is 5. The molecule has 0 atom stereocenters. The number of carbonyl (C=O) groups is 1. The Bertz CT molecular complexity index is 1050. The van der Waals surface area contributed by atoms with Gasteiger partial charge in [-0.2, -0.15) is 0 Å². The molecule has 0 saturated carbocycles. The number of hydrogen-bond acceptors (Lipinski definition) is 5. The number of carbonyl (C=O) groups excluding carboxylic acids is 1. The highest BCUT2D eigenvalue weighted by molar-refractivity contribution is 5.76. The molecule has 140 valence electrons. The molecule has 27 heavy (non-hydrogen) atoms. The number of likely N-dealkylation sites (tertiary alicyclic amines) is 1. The first-order chi connectivity index (χ1) is 13.0. The first-order valence-electron chi connectivity index (χ1n) is 8.79. The van der Waals surface area contributed by atoms with E-state index in [-0.39, 0.29) is 24.2 Å². The second-order valence-corrected chi connectivity index (χ2v) is 6.57. The van der Waals surface area contributed by atoms with Gasteiger partial charge in [0.05, 0.1) is 0 Å². The first-order valence-corrected chi connectivity index (χ1v) is 8.79. The van der Waals surface area contributed by atoms with Gasteiger partial charge >= 0.3 is 5.69 Å². The lowest BCUT2D eigenvalue weighted by molar-refractivity contribution is -0.131. The maximum Gasteiger partial charge on any atom is 0.353 e. The molecule has 2 aromatic heterocycles. The Kier molecular flexibility index (Phi) is 4.35. The number of anilines is 2. The van der Waals surface area contributed by atoms with E-state index >= 15 is 0 Å². The Labute approximate surface area is 154 Å². The van der Waals surface area contributed by atoms with Crippen LogP contribution >= 0.6 is 0 Å². The fourth-order valence-electron chi connectivity index (χ4n) is 3.20. The molecule has 3 aromatic rings. The molecule has 3 heterocycles. The molecule has 0 bridgehead atoms. The van der Waals surface area contributed by atoms with Gasteiger partial charge < -0.3 is 10.2 Å². The Morgan fingerprint density at radius 1 is 1.22 bits per heavy atom. The summed E-state index contributed by atoms with van der Waals surface area (Å²) < 4.78 is 15.6. The van der Waals surface area contributed by atoms with E-state index in [4.69, 9.17) is 0 Å². The summed E-state index contributed by atoms with van der Waals surface area (Å²) in [4.78, 5) is 31.3. The van der Waals surface area contributed by atoms with Crippen molar-refractivity contribution in [1.82, 2.24) is 24.1 Å². The lowest BCUT2D eigenvalue weighted by Crippen LogP contribution is -2.35. The Balaban J connectivity index is 1.69. The van der Waals surface area contributed by atoms with Crippen molar-refractivity contribution in [3.05, 3.63) is 52.3 Å². The molecule has 1 aliphatic heterocycles. The van der Waals surface area contributed by atoms with Crippen LogP contribution in [0.4, 0.5) is 16.0 Å². The van der Waals surface area contributed by atoms with E-state index in [1.54, 1.807) is 30.0 Å². The van der Waals surface area contributed by atoms with Gasteiger partial charge in [-0.05, 0) is 44.0 Å². The highest BCUT2D eigenvalue weighted by Gasteiger charge is 2.21. The van der Waals surface area contributed by atoms with Crippen LogP contribution in [-0.2, 0) is 11.3 Å². The van der Waals surface area contributed by atoms with Crippen molar-refractivity contribution in [2.75, 3.05) is 18.4 Å². The number of nitrogens with one attached hydrogen (secondary N) is 1. The van der Waals surface area contributed by atoms with E-state index in [0.29, 0.717) is 17.0 Å². The number of fused-ring (bicyclic) bond motifs is 1. The maximum atomic E-state index is 13.1. The van der Waals surface area contributed by atoms with Crippen LogP contribution in [-0.4, -0.2) is 43.1 Å². The molecule has 1 aliphatic rings. The van der Waals surface area contributed by atoms with E-state index in [9.17, 15) is 14.0 Å². The van der Waals surface area contributed by atoms with Crippen molar-refractivity contribution in [3.8, 4) is 0 Å². The molecular weight excluding hydrogens is 351 g/mol. The summed E-state index contributed by atoms with van der Waals surface area (Å²) in [7, 11) is 0. The van der Waals surface area contributed by atoms with Crippen molar-refractivity contribution in [1.29, 1.82) is 0 Å². The fraction of sp³-hybridized carbons (Fsp3) is 0.333. The van der Waals surface area contributed by atoms with E-state index < -0.39 is 5.69 Å². The van der Waals surface area contributed by atoms with E-state index in [2.05, 4.69) is 15.4 Å². The SMILES string of the molecule is Cc1cc2nn(CC(=O)N3CCCC3)c(=O)n2c(Nc2ccc(F)cc2)n1. The van der Waals surface area contributed by atoms with Gasteiger partial charge in [0.25, 0.3) is 0 Å². The molecule has 1 aromatic carbocycles. The minimum absolute atomic E-state index is 0.102. The Morgan fingerprint density at radius 2 is 1.93 bits per heavy atom. The molecule has 1 N–H and O–H groups in total. The van der Waals surface area contributed by atoms with Crippen molar-refractivity contribution >= 4 is 23.2 Å². The fourth-order valence-corrected chi connectivity index (χ4v) is 3.20. The molecule has 4 rings (SSSR count). The van der Waals surface area contributed by atoms with Crippen molar-refractivity contribution in [2.24, 2.45) is 0 Å². The van der Waals surface area contributed by atoms with Crippen molar-refractivity contribution in [2.45, 2.75) is 26.3 Å². The summed E-state index contributed by atoms with van der Waals surface area (Å²) >= 11 is 0. The summed E-state index contributed by atoms with van der Waals surface area (Å²) in [5.74, 6) is -0.203. The maximum absolute atomic E-state index is 13.1. The minimum atomic E-state index is -0.449. The molecule has 0 radical (unpaired) electrons. The summed E-state index contributed by atoms with van der Waals surface area (Å²) in [5.41, 5.74) is 1.19. The Hall–Kier alpha value is -3.23. The number of amides is 1. The van der Waals surface area contributed by atoms with Crippen molar-refractivity contribution < 1.29 is 9.18 Å². The number of aryl methyl sites for hydroxylation is 1. The van der Waals surface area contributed by atoms with Crippen LogP contribution in [0.15, 0.2) is 35.1 Å². The highest BCUT2D eigenvalue weighted by Crippen LogP contribution is 2.16. The minimum Gasteiger partial charge on any atom is -0.341 e. The quantitative estimate of drug-likeness (QED) is 0.756. The van der Waals surface area contributed by atoms with Gasteiger partial charge in [0.2, 0.25) is 11.9 Å². The molecule has 9 heteroatoms. The molecule has 1 amide bonds. The summed E-state index contributed by atoms with van der Waals surface area (Å²) in [5, 5.41) is 7.29. The van der Waals surface area contributed by atoms with Gasteiger partial charge in [-0.1, -0.05) is 0 Å². The van der Waals surface area contributed by atoms with Crippen LogP contribution in [0.25, 0.3) is 5.65 Å². The Morgan fingerprint density at radius 3 is 2.63 bits per heavy atom. The van der Waals surface area contributed by atoms with Gasteiger partial charge in [-0.3, -0.25) is 4.79 Å². The highest BCUT2D eigenvalue weighted by atomic mass is 19.1. The van der Waals surface area contributed by atoms with Gasteiger partial charge in [0.15, 0.2) is 5.65 Å². The average Bonchev–Trinajstić information content (AvgIpc) is 3.26. The third-order valence-electron chi connectivity index (χ3n) is 4.54. The molecular formula is C18H19FN6O2. The molecule has 1 fully saturated rings. The third-order valence-corrected chi connectivity index (χ3v) is 4.54. The second kappa shape index (κ2) is 6.82. The van der Waals surface area contributed by atoms with Crippen LogP contribution in [0.2, 0.25) is 0 Å². The summed E-state index contributed by atoms with van der Waals surface area (Å²) in [6.07, 6.45) is 1.97. The molecule has 1 saturated heterocycles. The van der Waals surface area contributed by atoms with Crippen LogP contribution in [0.3, 0.4) is 0 Å². The standard InChI is InChI=1S/C18H19FN6O2/c1-12-10-15-22-24(11-16(26)23-8-2-3-9-23)18(27)25(15)17(20-12)21-14-6-4-13(19)5-7-14/h4-7,10H,2-3,8-9,11H2,1H3,(H,20,21). The zero-order valence-electron chi connectivity index (χ0n) is 14.9. The predicted molar refractivity (Wildman–Crippen MR) is 97.5 cm³/mol. The zero-order chi connectivity index (χ0) is 19.0. The van der Waals surface area contributed by atoms with Crippen LogP contribution in [0, 0.1) is 12.7 Å². The van der Waals surface area contributed by atoms with Gasteiger partial charge in [0, 0.05) is 30.5 Å². The predicted octanol–water partition coefficient (Wildman–Crippen LogP) is 1.70. The molecule has 0 spiro atoms. The number of benzene rings is 1. The van der Waals surface area contributed by atoms with Crippen LogP contribution in [0.5, 0.6) is 0 Å². The largest absolute Gasteiger partial charge is 0.353 e. The number of aromatic nitrogens is 4. The lowest BCUT2D eigenvalue weighted by Gasteiger charge is -2.14. The van der Waals surface area contributed by atoms with Gasteiger partial charge in [0.1, 0.15) is 12.4 Å². The van der Waals surface area contributed by atoms with E-state index in [0.717, 1.165) is 30.6 Å². The normalized spacial score (nSPS) is 14.1. The molecule has 0 unspecified atom stereocenters. The summed E-state index contributed by atoms with van der Waals surface area (Å²) in [6.45, 7) is 3.13. The molecule has 8 nitrogen and oxygen atoms in total. The third kappa shape index (κ3) is 3.40. The second-order valence-electron chi connectivity index (χ2n) is 6.57. The summed E-state index contributed by atoms with van der Waals surface area (Å²) in [6, 6.07) is 7.41. The smallest absolute Gasteiger partial charge is 0.341 e. The van der Waals surface area contributed by atoms with Gasteiger partial charge in [-0.25, -0.2) is 23.3 Å². The van der Waals surface area contributed by atoms with E-state index in [1.165, 1.54) is 16.5 Å². The topological polar surface area (TPSA) is 84.5 Å². The first kappa shape index (κ1) is 17.2. The number of rotatable bonds is 4. The van der Waals surface area contributed by atoms with E-state index in [1.807, 2.05) is 0 Å². The average molecular weight is 370 g/mol. The lowest BCUT2D eigenvalue weighted by atomic mass is 10.3. The van der Waals surface area contributed by atoms with Crippen LogP contribution < -0.4 is 11.0 Å².